The molecule has 0 saturated carbocycles. The summed E-state index contributed by atoms with van der Waals surface area (Å²) in [6.45, 7) is 8.16. The zero-order chi connectivity index (χ0) is 42.4. The molecule has 63 heavy (non-hydrogen) atoms. The lowest BCUT2D eigenvalue weighted by molar-refractivity contribution is 0.173. The summed E-state index contributed by atoms with van der Waals surface area (Å²) in [6, 6.07) is 13.7. The summed E-state index contributed by atoms with van der Waals surface area (Å²) < 4.78 is 51.9. The summed E-state index contributed by atoms with van der Waals surface area (Å²) in [5.74, 6) is 2.02. The van der Waals surface area contributed by atoms with Crippen molar-refractivity contribution in [2.45, 2.75) is 71.4 Å². The van der Waals surface area contributed by atoms with Crippen LogP contribution in [-0.2, 0) is 26.2 Å². The molecule has 0 amide bonds. The van der Waals surface area contributed by atoms with E-state index in [1.807, 2.05) is 12.1 Å². The van der Waals surface area contributed by atoms with E-state index >= 15 is 0 Å². The van der Waals surface area contributed by atoms with E-state index in [0.29, 0.717) is 71.8 Å². The minimum Gasteiger partial charge on any atom is -0.453 e. The fraction of sp³-hybridized carbons (Fsp3) is 0.422. The Balaban J connectivity index is 0.000000170. The molecule has 16 nitrogen and oxygen atoms in total. The van der Waals surface area contributed by atoms with Gasteiger partial charge in [-0.05, 0) is 64.0 Å². The maximum atomic E-state index is 13.6. The minimum absolute atomic E-state index is 0. The van der Waals surface area contributed by atoms with Crippen molar-refractivity contribution in [3.63, 3.8) is 0 Å². The molecule has 2 saturated heterocycles. The number of piperidine rings is 2. The van der Waals surface area contributed by atoms with E-state index in [-0.39, 0.29) is 32.1 Å². The molecule has 0 unspecified atom stereocenters. The summed E-state index contributed by atoms with van der Waals surface area (Å²) in [4.78, 5) is 46.3. The Bertz CT molecular complexity index is 2470. The van der Waals surface area contributed by atoms with Crippen LogP contribution in [0.1, 0.15) is 44.5 Å². The van der Waals surface area contributed by atoms with Gasteiger partial charge in [-0.15, -0.1) is 0 Å². The SMILES string of the molecule is C.O=c1ccc2ncc(F)cc2n1CCN1CCC(NCc2cc3c(cn2)OCO3)CC1.O=c1ccc2ncc(F)cc2n1CCN1CCC(NCc2cc3c(cn2)OCO3)CC1. The van der Waals surface area contributed by atoms with E-state index in [1.165, 1.54) is 36.7 Å². The van der Waals surface area contributed by atoms with Gasteiger partial charge >= 0.3 is 0 Å². The van der Waals surface area contributed by atoms with Gasteiger partial charge in [0.15, 0.2) is 23.0 Å². The average Bonchev–Trinajstić information content (AvgIpc) is 3.97. The standard InChI is InChI=1S/2C22H24FN5O3.CH4/c2*23-15-9-19-18(26-11-15)1-2-22(29)28(19)8-7-27-5-3-16(4-6-27)24-12-17-10-20-21(13-25-17)31-14-30-20;/h2*1-2,9-11,13,16,24H,3-8,12,14H2;1H4. The number of rotatable bonds is 12. The van der Waals surface area contributed by atoms with Gasteiger partial charge in [-0.2, -0.15) is 0 Å². The molecule has 0 aromatic carbocycles. The van der Waals surface area contributed by atoms with Gasteiger partial charge in [0.1, 0.15) is 11.6 Å². The van der Waals surface area contributed by atoms with Crippen LogP contribution in [0.15, 0.2) is 82.9 Å². The Hall–Kier alpha value is -6.08. The average molecular weight is 867 g/mol. The number of nitrogens with zero attached hydrogens (tertiary/aromatic N) is 8. The maximum absolute atomic E-state index is 13.6. The summed E-state index contributed by atoms with van der Waals surface area (Å²) in [5, 5.41) is 7.14. The number of aromatic nitrogens is 6. The normalized spacial score (nSPS) is 16.5. The van der Waals surface area contributed by atoms with Crippen LogP contribution in [0.25, 0.3) is 22.1 Å². The fourth-order valence-corrected chi connectivity index (χ4v) is 8.33. The van der Waals surface area contributed by atoms with Crippen LogP contribution in [0, 0.1) is 11.6 Å². The highest BCUT2D eigenvalue weighted by Crippen LogP contribution is 2.32. The zero-order valence-corrected chi connectivity index (χ0v) is 34.2. The van der Waals surface area contributed by atoms with Gasteiger partial charge in [-0.3, -0.25) is 29.5 Å². The number of pyridine rings is 6. The second kappa shape index (κ2) is 20.0. The van der Waals surface area contributed by atoms with Crippen molar-refractivity contribution >= 4 is 22.1 Å². The molecule has 2 N–H and O–H groups in total. The van der Waals surface area contributed by atoms with E-state index in [9.17, 15) is 18.4 Å². The first-order chi connectivity index (χ1) is 30.3. The number of hydrogen-bond donors (Lipinski definition) is 2. The Morgan fingerprint density at radius 2 is 0.952 bits per heavy atom. The first kappa shape index (κ1) is 43.6. The number of fused-ring (bicyclic) bond motifs is 4. The molecule has 10 rings (SSSR count). The first-order valence-corrected chi connectivity index (χ1v) is 21.0. The Morgan fingerprint density at radius 3 is 1.38 bits per heavy atom. The number of likely N-dealkylation sites (tertiary alicyclic amines) is 2. The number of nitrogens with one attached hydrogen (secondary N) is 2. The summed E-state index contributed by atoms with van der Waals surface area (Å²) in [5.41, 5.74) is 3.94. The van der Waals surface area contributed by atoms with Crippen LogP contribution >= 0.6 is 0 Å². The molecular weight excluding hydrogens is 815 g/mol. The molecule has 18 heteroatoms. The highest BCUT2D eigenvalue weighted by atomic mass is 19.1. The van der Waals surface area contributed by atoms with Gasteiger partial charge in [0.25, 0.3) is 11.1 Å². The lowest BCUT2D eigenvalue weighted by atomic mass is 10.0. The van der Waals surface area contributed by atoms with Crippen LogP contribution in [0.3, 0.4) is 0 Å². The molecule has 0 radical (unpaired) electrons. The molecule has 2 fully saturated rings. The quantitative estimate of drug-likeness (QED) is 0.177. The smallest absolute Gasteiger partial charge is 0.251 e. The molecule has 332 valence electrons. The van der Waals surface area contributed by atoms with E-state index in [0.717, 1.165) is 87.8 Å². The molecule has 10 heterocycles. The lowest BCUT2D eigenvalue weighted by Gasteiger charge is -2.32. The minimum atomic E-state index is -0.435. The number of halogens is 2. The van der Waals surface area contributed by atoms with Gasteiger partial charge in [0.05, 0.1) is 58.2 Å². The third-order valence-electron chi connectivity index (χ3n) is 11.8. The molecule has 0 atom stereocenters. The van der Waals surface area contributed by atoms with E-state index in [2.05, 4.69) is 40.4 Å². The molecule has 6 aromatic rings. The van der Waals surface area contributed by atoms with Crippen molar-refractivity contribution in [1.82, 2.24) is 49.5 Å². The maximum Gasteiger partial charge on any atom is 0.251 e. The monoisotopic (exact) mass is 866 g/mol. The van der Waals surface area contributed by atoms with Gasteiger partial charge in [0.2, 0.25) is 13.6 Å². The molecule has 4 aliphatic rings. The highest BCUT2D eigenvalue weighted by Gasteiger charge is 2.22. The molecule has 0 bridgehead atoms. The number of ether oxygens (including phenoxy) is 4. The van der Waals surface area contributed by atoms with E-state index in [1.54, 1.807) is 33.7 Å². The molecule has 0 aliphatic carbocycles. The predicted molar refractivity (Wildman–Crippen MR) is 232 cm³/mol. The van der Waals surface area contributed by atoms with Crippen LogP contribution in [-0.4, -0.2) is 104 Å². The van der Waals surface area contributed by atoms with E-state index in [4.69, 9.17) is 18.9 Å². The largest absolute Gasteiger partial charge is 0.453 e. The Morgan fingerprint density at radius 1 is 0.540 bits per heavy atom. The number of hydrogen-bond acceptors (Lipinski definition) is 14. The van der Waals surface area contributed by atoms with Gasteiger partial charge in [0, 0.05) is 87.8 Å². The predicted octanol–water partition coefficient (Wildman–Crippen LogP) is 4.46. The molecule has 4 aliphatic heterocycles. The summed E-state index contributed by atoms with van der Waals surface area (Å²) >= 11 is 0. The van der Waals surface area contributed by atoms with Crippen LogP contribution in [0.4, 0.5) is 8.78 Å². The van der Waals surface area contributed by atoms with E-state index < -0.39 is 11.6 Å². The van der Waals surface area contributed by atoms with Gasteiger partial charge < -0.3 is 48.5 Å². The third kappa shape index (κ3) is 10.6. The van der Waals surface area contributed by atoms with Gasteiger partial charge in [-0.1, -0.05) is 7.43 Å². The second-order valence-electron chi connectivity index (χ2n) is 15.8. The third-order valence-corrected chi connectivity index (χ3v) is 11.8. The molecular formula is C45H52F2N10O6. The summed E-state index contributed by atoms with van der Waals surface area (Å²) in [6.07, 6.45) is 9.84. The van der Waals surface area contributed by atoms with Crippen molar-refractivity contribution in [2.24, 2.45) is 0 Å². The van der Waals surface area contributed by atoms with Crippen LogP contribution in [0.5, 0.6) is 23.0 Å². The van der Waals surface area contributed by atoms with Crippen molar-refractivity contribution in [1.29, 1.82) is 0 Å². The Labute approximate surface area is 362 Å². The fourth-order valence-electron chi connectivity index (χ4n) is 8.33. The van der Waals surface area contributed by atoms with Gasteiger partial charge in [-0.25, -0.2) is 8.78 Å². The highest BCUT2D eigenvalue weighted by molar-refractivity contribution is 5.74. The second-order valence-corrected chi connectivity index (χ2v) is 15.8. The lowest BCUT2D eigenvalue weighted by Crippen LogP contribution is -2.43. The topological polar surface area (TPSA) is 163 Å². The van der Waals surface area contributed by atoms with Crippen LogP contribution in [0.2, 0.25) is 0 Å². The Kier molecular flexibility index (Phi) is 13.8. The van der Waals surface area contributed by atoms with Crippen molar-refractivity contribution in [3.8, 4) is 23.0 Å². The van der Waals surface area contributed by atoms with Crippen molar-refractivity contribution in [3.05, 3.63) is 117 Å². The van der Waals surface area contributed by atoms with Crippen molar-refractivity contribution < 1.29 is 27.7 Å². The zero-order valence-electron chi connectivity index (χ0n) is 34.2. The first-order valence-electron chi connectivity index (χ1n) is 21.0. The van der Waals surface area contributed by atoms with Crippen molar-refractivity contribution in [2.75, 3.05) is 52.9 Å². The summed E-state index contributed by atoms with van der Waals surface area (Å²) in [7, 11) is 0. The molecule has 0 spiro atoms. The van der Waals surface area contributed by atoms with Crippen LogP contribution < -0.4 is 40.7 Å². The molecule has 6 aromatic heterocycles.